The summed E-state index contributed by atoms with van der Waals surface area (Å²) in [6.45, 7) is 0. The molecule has 0 bridgehead atoms. The number of furan rings is 1. The third-order valence-electron chi connectivity index (χ3n) is 2.65. The number of halogens is 1. The molecule has 5 nitrogen and oxygen atoms in total. The van der Waals surface area contributed by atoms with Gasteiger partial charge in [0, 0.05) is 0 Å². The zero-order valence-electron chi connectivity index (χ0n) is 8.39. The Balaban J connectivity index is 1.86. The van der Waals surface area contributed by atoms with Gasteiger partial charge in [-0.05, 0) is 42.5 Å². The number of rotatable bonds is 3. The Labute approximate surface area is 96.6 Å². The normalized spacial score (nSPS) is 17.6. The van der Waals surface area contributed by atoms with Crippen molar-refractivity contribution < 1.29 is 8.94 Å². The van der Waals surface area contributed by atoms with Gasteiger partial charge in [-0.15, -0.1) is 0 Å². The van der Waals surface area contributed by atoms with Crippen molar-refractivity contribution in [3.05, 3.63) is 23.2 Å². The van der Waals surface area contributed by atoms with E-state index in [1.54, 1.807) is 12.1 Å². The quantitative estimate of drug-likeness (QED) is 0.890. The van der Waals surface area contributed by atoms with E-state index < -0.39 is 0 Å². The van der Waals surface area contributed by atoms with E-state index in [9.17, 15) is 0 Å². The Kier molecular flexibility index (Phi) is 2.22. The molecule has 16 heavy (non-hydrogen) atoms. The largest absolute Gasteiger partial charge is 0.440 e. The molecule has 0 amide bonds. The summed E-state index contributed by atoms with van der Waals surface area (Å²) in [5.41, 5.74) is 5.96. The third kappa shape index (κ3) is 1.72. The zero-order chi connectivity index (χ0) is 11.1. The van der Waals surface area contributed by atoms with Gasteiger partial charge in [0.2, 0.25) is 0 Å². The molecular formula is C10H10ClN3O2. The van der Waals surface area contributed by atoms with Crippen LogP contribution in [-0.4, -0.2) is 10.1 Å². The highest BCUT2D eigenvalue weighted by Crippen LogP contribution is 2.38. The van der Waals surface area contributed by atoms with Gasteiger partial charge in [-0.1, -0.05) is 5.16 Å². The van der Waals surface area contributed by atoms with Crippen molar-refractivity contribution >= 4 is 11.6 Å². The van der Waals surface area contributed by atoms with Crippen LogP contribution in [0.3, 0.4) is 0 Å². The van der Waals surface area contributed by atoms with Crippen LogP contribution < -0.4 is 5.73 Å². The minimum atomic E-state index is -0.136. The van der Waals surface area contributed by atoms with Gasteiger partial charge in [0.15, 0.2) is 16.8 Å². The van der Waals surface area contributed by atoms with E-state index in [1.165, 1.54) is 0 Å². The van der Waals surface area contributed by atoms with Crippen molar-refractivity contribution in [2.24, 2.45) is 11.7 Å². The molecule has 0 aliphatic heterocycles. The van der Waals surface area contributed by atoms with Gasteiger partial charge < -0.3 is 14.7 Å². The Morgan fingerprint density at radius 2 is 2.25 bits per heavy atom. The van der Waals surface area contributed by atoms with Crippen molar-refractivity contribution in [3.63, 3.8) is 0 Å². The summed E-state index contributed by atoms with van der Waals surface area (Å²) < 4.78 is 10.2. The first-order valence-electron chi connectivity index (χ1n) is 5.09. The Morgan fingerprint density at radius 3 is 2.88 bits per heavy atom. The maximum atomic E-state index is 5.96. The van der Waals surface area contributed by atoms with Crippen LogP contribution >= 0.6 is 11.6 Å². The second-order valence-electron chi connectivity index (χ2n) is 3.92. The predicted octanol–water partition coefficient (Wildman–Crippen LogP) is 2.39. The molecule has 2 aromatic heterocycles. The molecule has 6 heteroatoms. The zero-order valence-corrected chi connectivity index (χ0v) is 9.15. The fraction of sp³-hybridized carbons (Fsp3) is 0.400. The lowest BCUT2D eigenvalue weighted by Crippen LogP contribution is -2.13. The number of nitrogens with zero attached hydrogens (tertiary/aromatic N) is 2. The van der Waals surface area contributed by atoms with E-state index in [0.29, 0.717) is 28.6 Å². The summed E-state index contributed by atoms with van der Waals surface area (Å²) in [5, 5.41) is 4.14. The monoisotopic (exact) mass is 239 g/mol. The molecule has 1 aliphatic rings. The van der Waals surface area contributed by atoms with E-state index in [4.69, 9.17) is 26.3 Å². The standard InChI is InChI=1S/C10H10ClN3O2/c11-7-4-3-6(15-7)10-13-9(14-16-10)8(12)5-1-2-5/h3-5,8H,1-2,12H2. The first-order chi connectivity index (χ1) is 7.74. The molecule has 0 saturated heterocycles. The maximum absolute atomic E-state index is 5.96. The molecule has 0 radical (unpaired) electrons. The van der Waals surface area contributed by atoms with Gasteiger partial charge in [-0.25, -0.2) is 0 Å². The van der Waals surface area contributed by atoms with E-state index in [0.717, 1.165) is 12.8 Å². The van der Waals surface area contributed by atoms with Crippen molar-refractivity contribution in [2.45, 2.75) is 18.9 Å². The van der Waals surface area contributed by atoms with E-state index in [2.05, 4.69) is 10.1 Å². The summed E-state index contributed by atoms with van der Waals surface area (Å²) in [4.78, 5) is 4.20. The first-order valence-corrected chi connectivity index (χ1v) is 5.47. The molecule has 1 unspecified atom stereocenters. The molecule has 2 aromatic rings. The molecule has 3 rings (SSSR count). The third-order valence-corrected chi connectivity index (χ3v) is 2.86. The molecule has 0 aromatic carbocycles. The van der Waals surface area contributed by atoms with Crippen molar-refractivity contribution in [1.82, 2.24) is 10.1 Å². The van der Waals surface area contributed by atoms with Crippen LogP contribution in [0.1, 0.15) is 24.7 Å². The fourth-order valence-electron chi connectivity index (χ4n) is 1.57. The van der Waals surface area contributed by atoms with Gasteiger partial charge in [-0.3, -0.25) is 0 Å². The number of hydrogen-bond acceptors (Lipinski definition) is 5. The van der Waals surface area contributed by atoms with E-state index in [1.807, 2.05) is 0 Å². The molecule has 1 saturated carbocycles. The second-order valence-corrected chi connectivity index (χ2v) is 4.30. The van der Waals surface area contributed by atoms with Crippen molar-refractivity contribution in [2.75, 3.05) is 0 Å². The van der Waals surface area contributed by atoms with Crippen LogP contribution in [0.4, 0.5) is 0 Å². The lowest BCUT2D eigenvalue weighted by atomic mass is 10.2. The van der Waals surface area contributed by atoms with Crippen LogP contribution in [0.25, 0.3) is 11.7 Å². The molecule has 1 aliphatic carbocycles. The molecular weight excluding hydrogens is 230 g/mol. The topological polar surface area (TPSA) is 78.1 Å². The maximum Gasteiger partial charge on any atom is 0.293 e. The van der Waals surface area contributed by atoms with Crippen LogP contribution in [0, 0.1) is 5.92 Å². The SMILES string of the molecule is NC(c1noc(-c2ccc(Cl)o2)n1)C1CC1. The first kappa shape index (κ1) is 9.86. The highest BCUT2D eigenvalue weighted by Gasteiger charge is 2.32. The Morgan fingerprint density at radius 1 is 1.44 bits per heavy atom. The Hall–Kier alpha value is -1.33. The number of aromatic nitrogens is 2. The van der Waals surface area contributed by atoms with Gasteiger partial charge in [0.05, 0.1) is 6.04 Å². The lowest BCUT2D eigenvalue weighted by molar-refractivity contribution is 0.400. The summed E-state index contributed by atoms with van der Waals surface area (Å²) in [6.07, 6.45) is 2.27. The summed E-state index contributed by atoms with van der Waals surface area (Å²) >= 11 is 5.66. The summed E-state index contributed by atoms with van der Waals surface area (Å²) in [7, 11) is 0. The van der Waals surface area contributed by atoms with Crippen LogP contribution in [0.15, 0.2) is 21.1 Å². The number of nitrogens with two attached hydrogens (primary N) is 1. The smallest absolute Gasteiger partial charge is 0.293 e. The average Bonchev–Trinajstić information content (AvgIpc) is 2.84. The molecule has 84 valence electrons. The lowest BCUT2D eigenvalue weighted by Gasteiger charge is -2.01. The number of hydrogen-bond donors (Lipinski definition) is 1. The van der Waals surface area contributed by atoms with Crippen molar-refractivity contribution in [3.8, 4) is 11.7 Å². The molecule has 2 heterocycles. The highest BCUT2D eigenvalue weighted by atomic mass is 35.5. The molecule has 1 fully saturated rings. The minimum absolute atomic E-state index is 0.136. The fourth-order valence-corrected chi connectivity index (χ4v) is 1.71. The molecule has 0 spiro atoms. The van der Waals surface area contributed by atoms with Crippen LogP contribution in [-0.2, 0) is 0 Å². The summed E-state index contributed by atoms with van der Waals surface area (Å²) in [6, 6.07) is 3.17. The Bertz CT molecular complexity index is 504. The van der Waals surface area contributed by atoms with Crippen LogP contribution in [0.2, 0.25) is 5.22 Å². The second kappa shape index (κ2) is 3.61. The summed E-state index contributed by atoms with van der Waals surface area (Å²) in [5.74, 6) is 1.81. The molecule has 2 N–H and O–H groups in total. The average molecular weight is 240 g/mol. The highest BCUT2D eigenvalue weighted by molar-refractivity contribution is 6.28. The van der Waals surface area contributed by atoms with E-state index >= 15 is 0 Å². The van der Waals surface area contributed by atoms with Gasteiger partial charge in [0.1, 0.15) is 0 Å². The van der Waals surface area contributed by atoms with E-state index in [-0.39, 0.29) is 6.04 Å². The van der Waals surface area contributed by atoms with Gasteiger partial charge in [-0.2, -0.15) is 4.98 Å². The molecule has 1 atom stereocenters. The van der Waals surface area contributed by atoms with Gasteiger partial charge in [0.25, 0.3) is 5.89 Å². The van der Waals surface area contributed by atoms with Crippen LogP contribution in [0.5, 0.6) is 0 Å². The minimum Gasteiger partial charge on any atom is -0.440 e. The predicted molar refractivity (Wildman–Crippen MR) is 56.7 cm³/mol. The van der Waals surface area contributed by atoms with Crippen molar-refractivity contribution in [1.29, 1.82) is 0 Å². The van der Waals surface area contributed by atoms with Gasteiger partial charge >= 0.3 is 0 Å².